The van der Waals surface area contributed by atoms with Crippen LogP contribution < -0.4 is 5.32 Å². The average molecular weight is 430 g/mol. The Labute approximate surface area is 172 Å². The summed E-state index contributed by atoms with van der Waals surface area (Å²) in [5.41, 5.74) is -1.67. The lowest BCUT2D eigenvalue weighted by atomic mass is 10.0. The molecule has 9 heteroatoms. The number of hydrogen-bond donors (Lipinski definition) is 1. The van der Waals surface area contributed by atoms with Crippen molar-refractivity contribution in [1.82, 2.24) is 4.90 Å². The fourth-order valence-electron chi connectivity index (χ4n) is 2.46. The molecule has 1 N–H and O–H groups in total. The highest BCUT2D eigenvalue weighted by Gasteiger charge is 2.42. The predicted molar refractivity (Wildman–Crippen MR) is 106 cm³/mol. The molecule has 0 bridgehead atoms. The van der Waals surface area contributed by atoms with Crippen LogP contribution in [0.3, 0.4) is 0 Å². The normalized spacial score (nSPS) is 15.5. The highest BCUT2D eigenvalue weighted by Crippen LogP contribution is 2.34. The maximum atomic E-state index is 13.4. The molecule has 0 spiro atoms. The van der Waals surface area contributed by atoms with Gasteiger partial charge in [0.2, 0.25) is 5.91 Å². The van der Waals surface area contributed by atoms with Gasteiger partial charge in [0.25, 0.3) is 5.91 Å². The Kier molecular flexibility index (Phi) is 6.61. The number of carbonyl (C=O) groups is 2. The van der Waals surface area contributed by atoms with Crippen LogP contribution in [0.2, 0.25) is 0 Å². The van der Waals surface area contributed by atoms with Crippen LogP contribution in [-0.4, -0.2) is 34.7 Å². The van der Waals surface area contributed by atoms with E-state index in [2.05, 4.69) is 5.32 Å². The first kappa shape index (κ1) is 23.1. The third kappa shape index (κ3) is 5.26. The molecule has 1 aliphatic rings. The van der Waals surface area contributed by atoms with Gasteiger partial charge in [-0.05, 0) is 26.2 Å². The number of nitrogens with one attached hydrogen (secondary N) is 1. The van der Waals surface area contributed by atoms with E-state index in [1.807, 2.05) is 20.8 Å². The molecule has 1 aliphatic heterocycles. The van der Waals surface area contributed by atoms with E-state index < -0.39 is 28.9 Å². The highest BCUT2D eigenvalue weighted by molar-refractivity contribution is 8.04. The van der Waals surface area contributed by atoms with Crippen molar-refractivity contribution in [3.63, 3.8) is 0 Å². The minimum Gasteiger partial charge on any atom is -0.476 e. The minimum absolute atomic E-state index is 0.0237. The molecular formula is C20H25F3N2O3S. The number of hydrogen-bond acceptors (Lipinski definition) is 4. The van der Waals surface area contributed by atoms with Crippen LogP contribution >= 0.6 is 11.8 Å². The summed E-state index contributed by atoms with van der Waals surface area (Å²) in [6, 6.07) is 1.35. The molecule has 160 valence electrons. The summed E-state index contributed by atoms with van der Waals surface area (Å²) in [6.45, 7) is 10.7. The number of amides is 2. The summed E-state index contributed by atoms with van der Waals surface area (Å²) in [6.07, 6.45) is 0. The monoisotopic (exact) mass is 430 g/mol. The third-order valence-corrected chi connectivity index (χ3v) is 6.05. The summed E-state index contributed by atoms with van der Waals surface area (Å²) in [7, 11) is 0. The Morgan fingerprint density at radius 3 is 2.24 bits per heavy atom. The van der Waals surface area contributed by atoms with Gasteiger partial charge in [0.1, 0.15) is 16.2 Å². The van der Waals surface area contributed by atoms with Crippen LogP contribution in [0, 0.1) is 22.9 Å². The van der Waals surface area contributed by atoms with Crippen LogP contribution in [0.5, 0.6) is 0 Å². The largest absolute Gasteiger partial charge is 0.476 e. The zero-order valence-electron chi connectivity index (χ0n) is 17.3. The molecule has 2 amide bonds. The van der Waals surface area contributed by atoms with E-state index in [9.17, 15) is 22.8 Å². The van der Waals surface area contributed by atoms with Gasteiger partial charge < -0.3 is 10.1 Å². The Morgan fingerprint density at radius 1 is 1.17 bits per heavy atom. The summed E-state index contributed by atoms with van der Waals surface area (Å²) in [5.74, 6) is -4.37. The van der Waals surface area contributed by atoms with Crippen molar-refractivity contribution in [3.05, 3.63) is 40.2 Å². The maximum Gasteiger partial charge on any atom is 0.267 e. The molecule has 5 nitrogen and oxygen atoms in total. The summed E-state index contributed by atoms with van der Waals surface area (Å²) < 4.78 is 45.6. The number of rotatable bonds is 5. The SMILES string of the molecule is CC1=C(SCC(C)(C)C)C(=O)N(C(C)(C)C(=O)Nc2cc(F)c(F)c(F)c2)CO1. The topological polar surface area (TPSA) is 58.6 Å². The van der Waals surface area contributed by atoms with Gasteiger partial charge in [0.05, 0.1) is 0 Å². The molecule has 0 aromatic heterocycles. The lowest BCUT2D eigenvalue weighted by Gasteiger charge is -2.40. The minimum atomic E-state index is -1.62. The molecule has 2 rings (SSSR count). The molecule has 0 saturated carbocycles. The van der Waals surface area contributed by atoms with E-state index in [1.54, 1.807) is 6.92 Å². The Bertz CT molecular complexity index is 840. The van der Waals surface area contributed by atoms with E-state index in [0.717, 1.165) is 0 Å². The Balaban J connectivity index is 2.21. The third-order valence-electron chi connectivity index (χ3n) is 4.29. The zero-order valence-corrected chi connectivity index (χ0v) is 18.1. The number of nitrogens with zero attached hydrogens (tertiary/aromatic N) is 1. The quantitative estimate of drug-likeness (QED) is 0.691. The van der Waals surface area contributed by atoms with Crippen molar-refractivity contribution in [2.75, 3.05) is 17.8 Å². The first-order valence-electron chi connectivity index (χ1n) is 8.98. The molecule has 0 fully saturated rings. The number of thioether (sulfide) groups is 1. The van der Waals surface area contributed by atoms with E-state index in [-0.39, 0.29) is 23.7 Å². The second kappa shape index (κ2) is 8.30. The molecule has 29 heavy (non-hydrogen) atoms. The summed E-state index contributed by atoms with van der Waals surface area (Å²) >= 11 is 1.35. The number of allylic oxidation sites excluding steroid dienone is 1. The van der Waals surface area contributed by atoms with Gasteiger partial charge in [0.15, 0.2) is 24.2 Å². The van der Waals surface area contributed by atoms with Crippen LogP contribution in [0.15, 0.2) is 22.8 Å². The number of carbonyl (C=O) groups excluding carboxylic acids is 2. The van der Waals surface area contributed by atoms with Gasteiger partial charge in [-0.15, -0.1) is 11.8 Å². The first-order chi connectivity index (χ1) is 13.2. The fourth-order valence-corrected chi connectivity index (χ4v) is 3.53. The molecule has 1 heterocycles. The van der Waals surface area contributed by atoms with Crippen molar-refractivity contribution < 1.29 is 27.5 Å². The molecule has 1 aromatic carbocycles. The van der Waals surface area contributed by atoms with Crippen molar-refractivity contribution in [2.45, 2.75) is 47.1 Å². The van der Waals surface area contributed by atoms with E-state index in [4.69, 9.17) is 4.74 Å². The maximum absolute atomic E-state index is 13.4. The second-order valence-corrected chi connectivity index (χ2v) is 9.49. The van der Waals surface area contributed by atoms with Gasteiger partial charge >= 0.3 is 0 Å². The van der Waals surface area contributed by atoms with Crippen molar-refractivity contribution in [3.8, 4) is 0 Å². The smallest absolute Gasteiger partial charge is 0.267 e. The molecule has 0 radical (unpaired) electrons. The number of ether oxygens (including phenoxy) is 1. The lowest BCUT2D eigenvalue weighted by molar-refractivity contribution is -0.148. The highest BCUT2D eigenvalue weighted by atomic mass is 32.2. The molecule has 0 unspecified atom stereocenters. The van der Waals surface area contributed by atoms with E-state index >= 15 is 0 Å². The van der Waals surface area contributed by atoms with Gasteiger partial charge in [-0.25, -0.2) is 13.2 Å². The zero-order chi connectivity index (χ0) is 22.1. The molecule has 0 atom stereocenters. The van der Waals surface area contributed by atoms with Crippen molar-refractivity contribution in [1.29, 1.82) is 0 Å². The summed E-state index contributed by atoms with van der Waals surface area (Å²) in [5, 5.41) is 2.33. The van der Waals surface area contributed by atoms with Crippen molar-refractivity contribution >= 4 is 29.3 Å². The molecule has 0 saturated heterocycles. The molecule has 1 aromatic rings. The molecule has 0 aliphatic carbocycles. The Morgan fingerprint density at radius 2 is 1.72 bits per heavy atom. The second-order valence-electron chi connectivity index (χ2n) is 8.51. The van der Waals surface area contributed by atoms with Crippen LogP contribution in [-0.2, 0) is 14.3 Å². The van der Waals surface area contributed by atoms with E-state index in [1.165, 1.54) is 30.5 Å². The van der Waals surface area contributed by atoms with Crippen LogP contribution in [0.25, 0.3) is 0 Å². The summed E-state index contributed by atoms with van der Waals surface area (Å²) in [4.78, 5) is 27.5. The van der Waals surface area contributed by atoms with Crippen LogP contribution in [0.4, 0.5) is 18.9 Å². The van der Waals surface area contributed by atoms with Gasteiger partial charge in [-0.3, -0.25) is 14.5 Å². The Hall–Kier alpha value is -2.16. The van der Waals surface area contributed by atoms with Gasteiger partial charge in [-0.2, -0.15) is 0 Å². The number of halogens is 3. The number of anilines is 1. The first-order valence-corrected chi connectivity index (χ1v) is 9.97. The van der Waals surface area contributed by atoms with E-state index in [0.29, 0.717) is 28.5 Å². The predicted octanol–water partition coefficient (Wildman–Crippen LogP) is 4.65. The van der Waals surface area contributed by atoms with Crippen LogP contribution in [0.1, 0.15) is 41.5 Å². The number of benzene rings is 1. The average Bonchev–Trinajstić information content (AvgIpc) is 2.58. The fraction of sp³-hybridized carbons (Fsp3) is 0.500. The van der Waals surface area contributed by atoms with Gasteiger partial charge in [-0.1, -0.05) is 20.8 Å². The standard InChI is InChI=1S/C20H25F3N2O3S/c1-11-16(29-9-19(2,3)4)17(26)25(10-28-11)20(5,6)18(27)24-12-7-13(21)15(23)14(22)8-12/h7-8H,9-10H2,1-6H3,(H,24,27). The van der Waals surface area contributed by atoms with Gasteiger partial charge in [0, 0.05) is 23.6 Å². The lowest BCUT2D eigenvalue weighted by Crippen LogP contribution is -2.57. The molecular weight excluding hydrogens is 405 g/mol. The van der Waals surface area contributed by atoms with Crippen molar-refractivity contribution in [2.24, 2.45) is 5.41 Å².